The Balaban J connectivity index is -0.000000308. The van der Waals surface area contributed by atoms with Crippen LogP contribution < -0.4 is 0 Å². The lowest BCUT2D eigenvalue weighted by atomic mass is 10.1. The van der Waals surface area contributed by atoms with Crippen molar-refractivity contribution in [1.29, 1.82) is 0 Å². The maximum atomic E-state index is 13.3. The molecule has 0 amide bonds. The van der Waals surface area contributed by atoms with Crippen molar-refractivity contribution in [1.82, 2.24) is 0 Å². The van der Waals surface area contributed by atoms with Crippen LogP contribution >= 0.6 is 0 Å². The molecule has 0 spiro atoms. The summed E-state index contributed by atoms with van der Waals surface area (Å²) in [6, 6.07) is 0. The van der Waals surface area contributed by atoms with E-state index in [-0.39, 0.29) is 24.8 Å². The van der Waals surface area contributed by atoms with Gasteiger partial charge in [-0.25, -0.2) is 37.1 Å². The lowest BCUT2D eigenvalue weighted by molar-refractivity contribution is -0.146. The van der Waals surface area contributed by atoms with Crippen LogP contribution in [0.5, 0.6) is 0 Å². The van der Waals surface area contributed by atoms with Gasteiger partial charge >= 0.3 is 36.0 Å². The van der Waals surface area contributed by atoms with E-state index >= 15 is 0 Å². The number of carbonyl (C=O) groups is 5. The van der Waals surface area contributed by atoms with Crippen molar-refractivity contribution in [2.75, 3.05) is 6.67 Å². The molecule has 0 aliphatic heterocycles. The standard InChI is InChI=1S/C13H14F6O4.C4H6O2.2C3H4O2/c14-6-7(11(20)21)8(15)4-2-1-3-5-9(16)10(12(22)23)13(17,18)19;1-3(2)4(5)6;2*1-2-3(4)5/h1-6H2,(H,20,21)(H,22,23);1H2,2H3,(H,5,6);2*2H,1H2,(H,4,5). The second-order valence-electron chi connectivity index (χ2n) is 6.64. The zero-order valence-electron chi connectivity index (χ0n) is 20.6. The highest BCUT2D eigenvalue weighted by molar-refractivity contribution is 5.88. The van der Waals surface area contributed by atoms with Crippen molar-refractivity contribution in [3.8, 4) is 0 Å². The molecule has 16 heteroatoms. The predicted octanol–water partition coefficient (Wildman–Crippen LogP) is 5.25. The Morgan fingerprint density at radius 2 is 1.05 bits per heavy atom. The first kappa shape index (κ1) is 41.7. The SMILES string of the molecule is C=C(C)C(=O)O.C=CC(=O)O.C=CC(=O)O.O=C(O)C(CF)=C(F)CCCCCC(F)=C(C(=O)O)C(F)(F)F. The molecule has 0 saturated heterocycles. The van der Waals surface area contributed by atoms with Gasteiger partial charge in [-0.05, 0) is 26.2 Å². The van der Waals surface area contributed by atoms with Crippen LogP contribution in [0.2, 0.25) is 0 Å². The number of halogens is 6. The Morgan fingerprint density at radius 3 is 1.26 bits per heavy atom. The quantitative estimate of drug-likeness (QED) is 0.116. The molecular formula is C23H28F6O10. The molecule has 0 atom stereocenters. The van der Waals surface area contributed by atoms with Crippen molar-refractivity contribution in [2.24, 2.45) is 0 Å². The topological polar surface area (TPSA) is 186 Å². The molecule has 0 saturated carbocycles. The van der Waals surface area contributed by atoms with Gasteiger partial charge in [0, 0.05) is 24.1 Å². The first-order valence-corrected chi connectivity index (χ1v) is 10.2. The van der Waals surface area contributed by atoms with Gasteiger partial charge in [0.05, 0.1) is 5.57 Å². The van der Waals surface area contributed by atoms with Crippen LogP contribution in [-0.4, -0.2) is 68.2 Å². The van der Waals surface area contributed by atoms with Crippen molar-refractivity contribution in [2.45, 2.75) is 45.2 Å². The minimum Gasteiger partial charge on any atom is -0.478 e. The van der Waals surface area contributed by atoms with Gasteiger partial charge in [0.1, 0.15) is 18.3 Å². The molecule has 5 N–H and O–H groups in total. The third-order valence-corrected chi connectivity index (χ3v) is 3.49. The van der Waals surface area contributed by atoms with E-state index in [0.717, 1.165) is 12.2 Å². The molecule has 0 radical (unpaired) electrons. The molecule has 0 aromatic carbocycles. The molecule has 0 aromatic rings. The molecule has 0 fully saturated rings. The summed E-state index contributed by atoms with van der Waals surface area (Å²) in [6.45, 7) is 9.02. The number of hydrogen-bond acceptors (Lipinski definition) is 5. The molecule has 0 aliphatic rings. The second-order valence-corrected chi connectivity index (χ2v) is 6.64. The van der Waals surface area contributed by atoms with Gasteiger partial charge in [-0.15, -0.1) is 0 Å². The summed E-state index contributed by atoms with van der Waals surface area (Å²) in [4.78, 5) is 48.9. The van der Waals surface area contributed by atoms with Gasteiger partial charge in [0.15, 0.2) is 5.57 Å². The summed E-state index contributed by atoms with van der Waals surface area (Å²) >= 11 is 0. The first-order chi connectivity index (χ1) is 17.7. The van der Waals surface area contributed by atoms with Crippen LogP contribution in [0.25, 0.3) is 0 Å². The highest BCUT2D eigenvalue weighted by atomic mass is 19.4. The number of alkyl halides is 4. The minimum absolute atomic E-state index is 0.00474. The molecule has 0 unspecified atom stereocenters. The number of carboxylic acid groups (broad SMARTS) is 5. The van der Waals surface area contributed by atoms with Gasteiger partial charge in [0.2, 0.25) is 0 Å². The van der Waals surface area contributed by atoms with Gasteiger partial charge in [-0.1, -0.05) is 26.2 Å². The number of rotatable bonds is 12. The van der Waals surface area contributed by atoms with Crippen LogP contribution in [0.3, 0.4) is 0 Å². The summed E-state index contributed by atoms with van der Waals surface area (Å²) in [7, 11) is 0. The fourth-order valence-corrected chi connectivity index (χ4v) is 1.65. The third-order valence-electron chi connectivity index (χ3n) is 3.49. The molecule has 0 heterocycles. The molecular weight excluding hydrogens is 550 g/mol. The number of carboxylic acids is 5. The van der Waals surface area contributed by atoms with E-state index in [1.54, 1.807) is 0 Å². The number of allylic oxidation sites excluding steroid dienone is 2. The largest absolute Gasteiger partial charge is 0.478 e. The summed E-state index contributed by atoms with van der Waals surface area (Å²) in [5, 5.41) is 39.9. The summed E-state index contributed by atoms with van der Waals surface area (Å²) < 4.78 is 75.6. The average molecular weight is 578 g/mol. The van der Waals surface area contributed by atoms with Crippen molar-refractivity contribution in [3.05, 3.63) is 60.3 Å². The average Bonchev–Trinajstić information content (AvgIpc) is 2.78. The van der Waals surface area contributed by atoms with Crippen LogP contribution in [0.15, 0.2) is 60.3 Å². The Labute approximate surface area is 218 Å². The fraction of sp³-hybridized carbons (Fsp3) is 0.348. The van der Waals surface area contributed by atoms with Gasteiger partial charge in [-0.3, -0.25) is 0 Å². The highest BCUT2D eigenvalue weighted by Crippen LogP contribution is 2.31. The van der Waals surface area contributed by atoms with Crippen LogP contribution in [0, 0.1) is 0 Å². The molecule has 0 rings (SSSR count). The van der Waals surface area contributed by atoms with Gasteiger partial charge in [0.25, 0.3) is 0 Å². The monoisotopic (exact) mass is 578 g/mol. The smallest absolute Gasteiger partial charge is 0.425 e. The maximum Gasteiger partial charge on any atom is 0.425 e. The molecule has 0 aromatic heterocycles. The lowest BCUT2D eigenvalue weighted by Crippen LogP contribution is -2.21. The normalized spacial score (nSPS) is 11.2. The van der Waals surface area contributed by atoms with E-state index in [4.69, 9.17) is 25.5 Å². The van der Waals surface area contributed by atoms with E-state index in [2.05, 4.69) is 19.7 Å². The first-order valence-electron chi connectivity index (χ1n) is 10.2. The van der Waals surface area contributed by atoms with Gasteiger partial charge < -0.3 is 25.5 Å². The molecule has 0 bridgehead atoms. The predicted molar refractivity (Wildman–Crippen MR) is 125 cm³/mol. The number of unbranched alkanes of at least 4 members (excludes halogenated alkanes) is 2. The summed E-state index contributed by atoms with van der Waals surface area (Å²) in [5.74, 6) is -10.1. The van der Waals surface area contributed by atoms with Crippen molar-refractivity contribution in [3.63, 3.8) is 0 Å². The maximum absolute atomic E-state index is 13.3. The highest BCUT2D eigenvalue weighted by Gasteiger charge is 2.42. The summed E-state index contributed by atoms with van der Waals surface area (Å²) in [5.41, 5.74) is -3.15. The van der Waals surface area contributed by atoms with E-state index in [1.807, 2.05) is 0 Å². The Bertz CT molecular complexity index is 920. The molecule has 10 nitrogen and oxygen atoms in total. The minimum atomic E-state index is -5.33. The Morgan fingerprint density at radius 1 is 0.718 bits per heavy atom. The van der Waals surface area contributed by atoms with E-state index in [9.17, 15) is 50.3 Å². The lowest BCUT2D eigenvalue weighted by Gasteiger charge is -2.09. The van der Waals surface area contributed by atoms with Crippen molar-refractivity contribution < 1.29 is 75.8 Å². The number of hydrogen-bond donors (Lipinski definition) is 5. The summed E-state index contributed by atoms with van der Waals surface area (Å²) in [6.07, 6.45) is -5.18. The van der Waals surface area contributed by atoms with Crippen LogP contribution in [-0.2, 0) is 24.0 Å². The van der Waals surface area contributed by atoms with Crippen LogP contribution in [0.4, 0.5) is 26.3 Å². The zero-order valence-corrected chi connectivity index (χ0v) is 20.6. The Hall–Kier alpha value is -4.37. The van der Waals surface area contributed by atoms with E-state index in [1.165, 1.54) is 6.92 Å². The van der Waals surface area contributed by atoms with Crippen molar-refractivity contribution >= 4 is 29.8 Å². The second kappa shape index (κ2) is 22.8. The van der Waals surface area contributed by atoms with Crippen LogP contribution in [0.1, 0.15) is 39.0 Å². The van der Waals surface area contributed by atoms with E-state index in [0.29, 0.717) is 0 Å². The Kier molecular flexibility index (Phi) is 24.4. The van der Waals surface area contributed by atoms with Gasteiger partial charge in [-0.2, -0.15) is 13.2 Å². The third kappa shape index (κ3) is 26.5. The molecule has 39 heavy (non-hydrogen) atoms. The number of aliphatic carboxylic acids is 5. The molecule has 0 aliphatic carbocycles. The van der Waals surface area contributed by atoms with E-state index < -0.39 is 78.3 Å². The zero-order chi connectivity index (χ0) is 31.9. The fourth-order valence-electron chi connectivity index (χ4n) is 1.65. The molecule has 222 valence electrons.